The number of hydrogen-bond donors (Lipinski definition) is 2. The summed E-state index contributed by atoms with van der Waals surface area (Å²) < 4.78 is 6.30. The summed E-state index contributed by atoms with van der Waals surface area (Å²) in [5, 5.41) is 3.28. The molecule has 2 aromatic rings. The number of furan rings is 1. The molecule has 6 heteroatoms. The lowest BCUT2D eigenvalue weighted by Gasteiger charge is -2.15. The molecular weight excluding hydrogens is 296 g/mol. The smallest absolute Gasteiger partial charge is 0.221 e. The highest BCUT2D eigenvalue weighted by atomic mass is 79.9. The van der Waals surface area contributed by atoms with E-state index in [9.17, 15) is 0 Å². The lowest BCUT2D eigenvalue weighted by Crippen LogP contribution is -2.10. The maximum Gasteiger partial charge on any atom is 0.221 e. The first-order valence-electron chi connectivity index (χ1n) is 5.59. The van der Waals surface area contributed by atoms with E-state index in [-0.39, 0.29) is 12.0 Å². The minimum Gasteiger partial charge on any atom is -0.466 e. The lowest BCUT2D eigenvalue weighted by molar-refractivity contribution is 0.499. The van der Waals surface area contributed by atoms with Crippen molar-refractivity contribution in [2.75, 3.05) is 11.1 Å². The molecule has 0 aliphatic carbocycles. The standard InChI is InChI=1S/C12H15BrN4O/c1-6-4-9(8(3)18-6)7(2)16-11-10(13)5-15-12(14)17-11/h4-5,7H,1-3H3,(H3,14,15,16,17). The van der Waals surface area contributed by atoms with Crippen LogP contribution in [0.25, 0.3) is 0 Å². The van der Waals surface area contributed by atoms with Gasteiger partial charge in [0.1, 0.15) is 17.3 Å². The second kappa shape index (κ2) is 4.97. The summed E-state index contributed by atoms with van der Waals surface area (Å²) >= 11 is 3.39. The summed E-state index contributed by atoms with van der Waals surface area (Å²) in [4.78, 5) is 8.06. The van der Waals surface area contributed by atoms with Crippen LogP contribution < -0.4 is 11.1 Å². The van der Waals surface area contributed by atoms with Crippen molar-refractivity contribution < 1.29 is 4.42 Å². The minimum atomic E-state index is 0.0769. The van der Waals surface area contributed by atoms with Crippen LogP contribution in [0.3, 0.4) is 0 Å². The monoisotopic (exact) mass is 310 g/mol. The number of aryl methyl sites for hydroxylation is 2. The average Bonchev–Trinajstić information content (AvgIpc) is 2.63. The first-order valence-corrected chi connectivity index (χ1v) is 6.38. The molecule has 0 fully saturated rings. The Kier molecular flexibility index (Phi) is 3.56. The fraction of sp³-hybridized carbons (Fsp3) is 0.333. The van der Waals surface area contributed by atoms with E-state index in [0.717, 1.165) is 21.6 Å². The van der Waals surface area contributed by atoms with Crippen LogP contribution in [0.5, 0.6) is 0 Å². The fourth-order valence-corrected chi connectivity index (χ4v) is 2.15. The molecule has 0 aliphatic rings. The molecule has 18 heavy (non-hydrogen) atoms. The van der Waals surface area contributed by atoms with Crippen LogP contribution in [0.4, 0.5) is 11.8 Å². The van der Waals surface area contributed by atoms with Crippen molar-refractivity contribution in [3.63, 3.8) is 0 Å². The zero-order chi connectivity index (χ0) is 13.3. The maximum absolute atomic E-state index is 5.57. The van der Waals surface area contributed by atoms with Crippen molar-refractivity contribution in [1.82, 2.24) is 9.97 Å². The highest BCUT2D eigenvalue weighted by molar-refractivity contribution is 9.10. The molecule has 3 N–H and O–H groups in total. The molecule has 1 unspecified atom stereocenters. The number of anilines is 2. The molecule has 5 nitrogen and oxygen atoms in total. The third-order valence-electron chi connectivity index (χ3n) is 2.66. The highest BCUT2D eigenvalue weighted by Gasteiger charge is 2.14. The number of nitrogens with two attached hydrogens (primary N) is 1. The first-order chi connectivity index (χ1) is 8.47. The van der Waals surface area contributed by atoms with E-state index in [2.05, 4.69) is 31.2 Å². The summed E-state index contributed by atoms with van der Waals surface area (Å²) in [7, 11) is 0. The third kappa shape index (κ3) is 2.64. The normalized spacial score (nSPS) is 12.4. The molecule has 2 aromatic heterocycles. The van der Waals surface area contributed by atoms with Crippen LogP contribution in [0, 0.1) is 13.8 Å². The number of halogens is 1. The van der Waals surface area contributed by atoms with Gasteiger partial charge in [-0.15, -0.1) is 0 Å². The Hall–Kier alpha value is -1.56. The van der Waals surface area contributed by atoms with Crippen LogP contribution >= 0.6 is 15.9 Å². The van der Waals surface area contributed by atoms with Gasteiger partial charge in [0.05, 0.1) is 10.5 Å². The lowest BCUT2D eigenvalue weighted by atomic mass is 10.1. The predicted molar refractivity (Wildman–Crippen MR) is 74.4 cm³/mol. The molecule has 2 rings (SSSR count). The second-order valence-electron chi connectivity index (χ2n) is 4.16. The molecule has 96 valence electrons. The Labute approximate surface area is 114 Å². The minimum absolute atomic E-state index is 0.0769. The molecule has 2 heterocycles. The number of nitrogens with one attached hydrogen (secondary N) is 1. The van der Waals surface area contributed by atoms with E-state index in [4.69, 9.17) is 10.2 Å². The number of rotatable bonds is 3. The summed E-state index contributed by atoms with van der Waals surface area (Å²) in [5.41, 5.74) is 6.68. The Morgan fingerprint density at radius 1 is 1.44 bits per heavy atom. The van der Waals surface area contributed by atoms with Crippen LogP contribution in [-0.4, -0.2) is 9.97 Å². The molecule has 1 atom stereocenters. The Morgan fingerprint density at radius 3 is 2.78 bits per heavy atom. The van der Waals surface area contributed by atoms with Gasteiger partial charge in [-0.2, -0.15) is 4.98 Å². The predicted octanol–water partition coefficient (Wildman–Crippen LogP) is 3.20. The van der Waals surface area contributed by atoms with Crippen LogP contribution in [-0.2, 0) is 0 Å². The number of hydrogen-bond acceptors (Lipinski definition) is 5. The molecule has 0 spiro atoms. The van der Waals surface area contributed by atoms with Crippen LogP contribution in [0.15, 0.2) is 21.2 Å². The van der Waals surface area contributed by atoms with Crippen LogP contribution in [0.2, 0.25) is 0 Å². The van der Waals surface area contributed by atoms with E-state index < -0.39 is 0 Å². The average molecular weight is 311 g/mol. The topological polar surface area (TPSA) is 77.0 Å². The summed E-state index contributed by atoms with van der Waals surface area (Å²) in [6.07, 6.45) is 1.63. The van der Waals surface area contributed by atoms with Gasteiger partial charge in [-0.05, 0) is 42.8 Å². The van der Waals surface area contributed by atoms with Crippen molar-refractivity contribution >= 4 is 27.7 Å². The van der Waals surface area contributed by atoms with Gasteiger partial charge < -0.3 is 15.5 Å². The molecular formula is C12H15BrN4O. The van der Waals surface area contributed by atoms with Gasteiger partial charge in [0.25, 0.3) is 0 Å². The van der Waals surface area contributed by atoms with E-state index >= 15 is 0 Å². The van der Waals surface area contributed by atoms with Crippen molar-refractivity contribution in [3.8, 4) is 0 Å². The quantitative estimate of drug-likeness (QED) is 0.910. The van der Waals surface area contributed by atoms with E-state index in [1.54, 1.807) is 6.20 Å². The molecule has 0 radical (unpaired) electrons. The van der Waals surface area contributed by atoms with Gasteiger partial charge in [0.2, 0.25) is 5.95 Å². The van der Waals surface area contributed by atoms with Gasteiger partial charge in [-0.25, -0.2) is 4.98 Å². The van der Waals surface area contributed by atoms with E-state index in [1.165, 1.54) is 0 Å². The Morgan fingerprint density at radius 2 is 2.17 bits per heavy atom. The molecule has 0 aromatic carbocycles. The number of nitrogens with zero attached hydrogens (tertiary/aromatic N) is 2. The maximum atomic E-state index is 5.57. The molecule has 0 aliphatic heterocycles. The largest absolute Gasteiger partial charge is 0.466 e. The SMILES string of the molecule is Cc1cc(C(C)Nc2nc(N)ncc2Br)c(C)o1. The van der Waals surface area contributed by atoms with Gasteiger partial charge in [-0.3, -0.25) is 0 Å². The summed E-state index contributed by atoms with van der Waals surface area (Å²) in [6, 6.07) is 2.10. The van der Waals surface area contributed by atoms with Gasteiger partial charge in [0, 0.05) is 11.8 Å². The molecule has 0 amide bonds. The van der Waals surface area contributed by atoms with Gasteiger partial charge >= 0.3 is 0 Å². The fourth-order valence-electron chi connectivity index (χ4n) is 1.85. The summed E-state index contributed by atoms with van der Waals surface area (Å²) in [6.45, 7) is 5.92. The molecule has 0 saturated carbocycles. The van der Waals surface area contributed by atoms with E-state index in [0.29, 0.717) is 5.82 Å². The Bertz CT molecular complexity index is 567. The van der Waals surface area contributed by atoms with Crippen LogP contribution in [0.1, 0.15) is 30.0 Å². The third-order valence-corrected chi connectivity index (χ3v) is 3.24. The van der Waals surface area contributed by atoms with Crippen molar-refractivity contribution in [1.29, 1.82) is 0 Å². The Balaban J connectivity index is 2.23. The molecule has 0 bridgehead atoms. The highest BCUT2D eigenvalue weighted by Crippen LogP contribution is 2.27. The molecule has 0 saturated heterocycles. The van der Waals surface area contributed by atoms with Gasteiger partial charge in [0.15, 0.2) is 0 Å². The first kappa shape index (κ1) is 12.9. The zero-order valence-corrected chi connectivity index (χ0v) is 12.1. The van der Waals surface area contributed by atoms with Crippen molar-refractivity contribution in [3.05, 3.63) is 33.8 Å². The van der Waals surface area contributed by atoms with Gasteiger partial charge in [-0.1, -0.05) is 0 Å². The number of nitrogen functional groups attached to an aromatic ring is 1. The van der Waals surface area contributed by atoms with Crippen molar-refractivity contribution in [2.45, 2.75) is 26.8 Å². The summed E-state index contributed by atoms with van der Waals surface area (Å²) in [5.74, 6) is 2.73. The number of aromatic nitrogens is 2. The zero-order valence-electron chi connectivity index (χ0n) is 10.5. The second-order valence-corrected chi connectivity index (χ2v) is 5.01. The van der Waals surface area contributed by atoms with Crippen molar-refractivity contribution in [2.24, 2.45) is 0 Å². The van der Waals surface area contributed by atoms with E-state index in [1.807, 2.05) is 26.8 Å².